The Morgan fingerprint density at radius 1 is 1.55 bits per heavy atom. The van der Waals surface area contributed by atoms with Gasteiger partial charge in [0.05, 0.1) is 0 Å². The maximum absolute atomic E-state index is 11.5. The van der Waals surface area contributed by atoms with Gasteiger partial charge >= 0.3 is 5.97 Å². The molecule has 4 N–H and O–H groups in total. The van der Waals surface area contributed by atoms with Gasteiger partial charge in [0.1, 0.15) is 30.4 Å². The number of benzene rings is 1. The van der Waals surface area contributed by atoms with Crippen LogP contribution in [0.3, 0.4) is 0 Å². The number of carboxylic acid groups (broad SMARTS) is 1. The molecule has 0 spiro atoms. The number of ether oxygens (including phenoxy) is 1. The van der Waals surface area contributed by atoms with Gasteiger partial charge in [-0.2, -0.15) is 0 Å². The summed E-state index contributed by atoms with van der Waals surface area (Å²) in [4.78, 5) is 13.7. The summed E-state index contributed by atoms with van der Waals surface area (Å²) in [6.07, 6.45) is 0.786. The average molecular weight is 303 g/mol. The Hall–Kier alpha value is -1.73. The van der Waals surface area contributed by atoms with Crippen molar-refractivity contribution in [2.75, 3.05) is 26.2 Å². The zero-order valence-electron chi connectivity index (χ0n) is 12.6. The Balaban J connectivity index is 1.80. The van der Waals surface area contributed by atoms with Crippen LogP contribution in [0.1, 0.15) is 22.8 Å². The summed E-state index contributed by atoms with van der Waals surface area (Å²) in [5.74, 6) is -1.12. The summed E-state index contributed by atoms with van der Waals surface area (Å²) < 4.78 is 5.75. The molecule has 0 aliphatic carbocycles. The van der Waals surface area contributed by atoms with Crippen molar-refractivity contribution in [3.63, 3.8) is 0 Å². The van der Waals surface area contributed by atoms with E-state index in [0.717, 1.165) is 26.0 Å². The first kappa shape index (κ1) is 15.2. The number of likely N-dealkylation sites (tertiary alicyclic amines) is 1. The minimum atomic E-state index is -1.17. The predicted octanol–water partition coefficient (Wildman–Crippen LogP) is 0.463. The van der Waals surface area contributed by atoms with Crippen molar-refractivity contribution in [1.82, 2.24) is 4.90 Å². The van der Waals surface area contributed by atoms with Crippen LogP contribution in [-0.4, -0.2) is 60.6 Å². The Morgan fingerprint density at radius 3 is 2.77 bits per heavy atom. The highest BCUT2D eigenvalue weighted by atomic mass is 16.5. The average Bonchev–Trinajstić information content (AvgIpc) is 3.14. The van der Waals surface area contributed by atoms with Crippen molar-refractivity contribution < 1.29 is 19.7 Å². The Labute approximate surface area is 130 Å². The second-order valence-corrected chi connectivity index (χ2v) is 6.25. The zero-order valence-corrected chi connectivity index (χ0v) is 12.6. The number of carbonyl (C=O) groups is 1. The van der Waals surface area contributed by atoms with Crippen LogP contribution in [0.2, 0.25) is 6.32 Å². The number of aromatic carboxylic acids is 1. The normalized spacial score (nSPS) is 24.5. The fourth-order valence-corrected chi connectivity index (χ4v) is 2.85. The maximum atomic E-state index is 11.5. The molecule has 0 saturated carbocycles. The SMILES string of the molecule is C[C@@]1(c2ccc(OC3CN(CCN)C3)c(C(=O)O)c2O)[B]C1. The second-order valence-electron chi connectivity index (χ2n) is 6.25. The smallest absolute Gasteiger partial charge is 0.343 e. The fraction of sp³-hybridized carbons (Fsp3) is 0.533. The van der Waals surface area contributed by atoms with Gasteiger partial charge < -0.3 is 20.7 Å². The van der Waals surface area contributed by atoms with Crippen LogP contribution in [0.25, 0.3) is 0 Å². The lowest BCUT2D eigenvalue weighted by atomic mass is 9.81. The molecule has 1 aromatic carbocycles. The van der Waals surface area contributed by atoms with Gasteiger partial charge in [-0.25, -0.2) is 4.79 Å². The molecule has 0 bridgehead atoms. The van der Waals surface area contributed by atoms with Crippen LogP contribution in [0.4, 0.5) is 0 Å². The summed E-state index contributed by atoms with van der Waals surface area (Å²) >= 11 is 0. The zero-order chi connectivity index (χ0) is 15.9. The molecule has 2 aliphatic heterocycles. The van der Waals surface area contributed by atoms with E-state index in [0.29, 0.717) is 12.1 Å². The summed E-state index contributed by atoms with van der Waals surface area (Å²) in [7, 11) is 2.05. The molecule has 1 radical (unpaired) electrons. The summed E-state index contributed by atoms with van der Waals surface area (Å²) in [5.41, 5.74) is 5.99. The van der Waals surface area contributed by atoms with E-state index in [9.17, 15) is 15.0 Å². The number of hydrogen-bond acceptors (Lipinski definition) is 5. The molecule has 22 heavy (non-hydrogen) atoms. The number of nitrogens with two attached hydrogens (primary N) is 1. The summed E-state index contributed by atoms with van der Waals surface area (Å²) in [6.45, 7) is 4.83. The van der Waals surface area contributed by atoms with Gasteiger partial charge in [-0.3, -0.25) is 4.90 Å². The molecule has 1 atom stereocenters. The highest BCUT2D eigenvalue weighted by Gasteiger charge is 2.43. The summed E-state index contributed by atoms with van der Waals surface area (Å²) in [5, 5.41) is 19.5. The fourth-order valence-electron chi connectivity index (χ4n) is 2.85. The van der Waals surface area contributed by atoms with Gasteiger partial charge in [-0.15, -0.1) is 0 Å². The molecule has 7 heteroatoms. The molecular weight excluding hydrogens is 283 g/mol. The number of phenols is 1. The highest BCUT2D eigenvalue weighted by molar-refractivity contribution is 6.54. The molecule has 1 aromatic rings. The Bertz CT molecular complexity index is 597. The van der Waals surface area contributed by atoms with Crippen LogP contribution >= 0.6 is 0 Å². The Morgan fingerprint density at radius 2 is 2.23 bits per heavy atom. The van der Waals surface area contributed by atoms with E-state index in [1.54, 1.807) is 12.1 Å². The maximum Gasteiger partial charge on any atom is 0.343 e. The van der Waals surface area contributed by atoms with Crippen molar-refractivity contribution in [3.8, 4) is 11.5 Å². The van der Waals surface area contributed by atoms with E-state index in [1.165, 1.54) is 0 Å². The molecule has 0 unspecified atom stereocenters. The number of rotatable bonds is 6. The number of aromatic hydroxyl groups is 1. The third kappa shape index (κ3) is 2.66. The van der Waals surface area contributed by atoms with Gasteiger partial charge in [-0.1, -0.05) is 19.3 Å². The van der Waals surface area contributed by atoms with Crippen molar-refractivity contribution >= 4 is 13.2 Å². The second kappa shape index (κ2) is 5.48. The van der Waals surface area contributed by atoms with Crippen molar-refractivity contribution in [2.45, 2.75) is 24.7 Å². The van der Waals surface area contributed by atoms with Gasteiger partial charge in [-0.05, 0) is 16.9 Å². The van der Waals surface area contributed by atoms with Crippen molar-refractivity contribution in [1.29, 1.82) is 0 Å². The topological polar surface area (TPSA) is 96.0 Å². The minimum Gasteiger partial charge on any atom is -0.507 e. The number of hydrogen-bond donors (Lipinski definition) is 3. The highest BCUT2D eigenvalue weighted by Crippen LogP contribution is 2.47. The standard InChI is InChI=1S/C15H20BN2O4/c1-15(8-16-15)10-2-3-11(12(13(10)19)14(20)21)22-9-6-18(7-9)5-4-17/h2-3,9,19H,4-8,17H2,1H3,(H,20,21)/t15-/m1/s1. The first-order valence-electron chi connectivity index (χ1n) is 7.48. The molecule has 3 rings (SSSR count). The van der Waals surface area contributed by atoms with E-state index in [2.05, 4.69) is 4.90 Å². The molecule has 0 amide bonds. The molecule has 2 heterocycles. The summed E-state index contributed by atoms with van der Waals surface area (Å²) in [6, 6.07) is 3.42. The van der Waals surface area contributed by atoms with Crippen LogP contribution in [-0.2, 0) is 5.31 Å². The lowest BCUT2D eigenvalue weighted by Crippen LogP contribution is -2.55. The van der Waals surface area contributed by atoms with E-state index in [1.807, 2.05) is 14.2 Å². The Kier molecular flexibility index (Phi) is 3.78. The quantitative estimate of drug-likeness (QED) is 0.661. The van der Waals surface area contributed by atoms with Crippen LogP contribution in [0.5, 0.6) is 11.5 Å². The van der Waals surface area contributed by atoms with Gasteiger partial charge in [0, 0.05) is 26.2 Å². The molecule has 6 nitrogen and oxygen atoms in total. The van der Waals surface area contributed by atoms with E-state index in [4.69, 9.17) is 10.5 Å². The van der Waals surface area contributed by atoms with Gasteiger partial charge in [0.25, 0.3) is 0 Å². The molecule has 117 valence electrons. The predicted molar refractivity (Wildman–Crippen MR) is 82.9 cm³/mol. The van der Waals surface area contributed by atoms with E-state index in [-0.39, 0.29) is 28.5 Å². The molecule has 2 aliphatic rings. The van der Waals surface area contributed by atoms with Crippen LogP contribution in [0.15, 0.2) is 12.1 Å². The molecule has 2 fully saturated rings. The minimum absolute atomic E-state index is 0.0574. The lowest BCUT2D eigenvalue weighted by Gasteiger charge is -2.39. The number of nitrogens with zero attached hydrogens (tertiary/aromatic N) is 1. The molecular formula is C15H20BN2O4. The first-order chi connectivity index (χ1) is 10.4. The van der Waals surface area contributed by atoms with Crippen molar-refractivity contribution in [2.24, 2.45) is 5.73 Å². The van der Waals surface area contributed by atoms with Crippen molar-refractivity contribution in [3.05, 3.63) is 23.3 Å². The van der Waals surface area contributed by atoms with E-state index < -0.39 is 5.97 Å². The number of carboxylic acids is 1. The van der Waals surface area contributed by atoms with E-state index >= 15 is 0 Å². The molecule has 2 saturated heterocycles. The third-order valence-corrected chi connectivity index (χ3v) is 4.45. The van der Waals surface area contributed by atoms with Gasteiger partial charge in [0.15, 0.2) is 0 Å². The monoisotopic (exact) mass is 303 g/mol. The third-order valence-electron chi connectivity index (χ3n) is 4.45. The largest absolute Gasteiger partial charge is 0.507 e. The van der Waals surface area contributed by atoms with Gasteiger partial charge in [0.2, 0.25) is 0 Å². The lowest BCUT2D eigenvalue weighted by molar-refractivity contribution is 0.0210. The molecule has 0 aromatic heterocycles. The van der Waals surface area contributed by atoms with Crippen LogP contribution < -0.4 is 10.5 Å². The van der Waals surface area contributed by atoms with Crippen LogP contribution in [0, 0.1) is 0 Å². The first-order valence-corrected chi connectivity index (χ1v) is 7.48.